The summed E-state index contributed by atoms with van der Waals surface area (Å²) in [5, 5.41) is 88.5. The molecule has 2 aliphatic heterocycles. The molecule has 0 spiro atoms. The normalized spacial score (nSPS) is 8.96. The molecule has 2 N–H and O–H groups in total. The fourth-order valence-electron chi connectivity index (χ4n) is 2.94. The van der Waals surface area contributed by atoms with Crippen molar-refractivity contribution in [2.45, 2.75) is 0 Å². The maximum absolute atomic E-state index is 8.25. The monoisotopic (exact) mass is 909 g/mol. The number of hydrogen-bond acceptors (Lipinski definition) is 20. The zero-order valence-electron chi connectivity index (χ0n) is 23.8. The van der Waals surface area contributed by atoms with Crippen molar-refractivity contribution in [3.8, 4) is 0 Å². The fraction of sp³-hybridized carbons (Fsp3) is 0. The van der Waals surface area contributed by atoms with Gasteiger partial charge in [0.25, 0.3) is 0 Å². The first-order valence-electron chi connectivity index (χ1n) is 11.1. The molecule has 5 rings (SSSR count). The number of aromatic amines is 2. The second-order valence-electron chi connectivity index (χ2n) is 7.25. The van der Waals surface area contributed by atoms with Crippen LogP contribution >= 0.6 is 0 Å². The number of nitrogens with zero attached hydrogens (tertiary/aromatic N) is 8. The van der Waals surface area contributed by atoms with Gasteiger partial charge >= 0.3 is 59.7 Å². The van der Waals surface area contributed by atoms with E-state index >= 15 is 0 Å². The summed E-state index contributed by atoms with van der Waals surface area (Å²) in [6, 6.07) is 16.4. The summed E-state index contributed by atoms with van der Waals surface area (Å²) in [7, 11) is 0. The van der Waals surface area contributed by atoms with Crippen molar-refractivity contribution in [3.63, 3.8) is 0 Å². The van der Waals surface area contributed by atoms with E-state index < -0.39 is 30.5 Å². The van der Waals surface area contributed by atoms with E-state index in [4.69, 9.17) is 91.9 Å². The number of H-pyrrole nitrogens is 2. The van der Waals surface area contributed by atoms with E-state index in [-0.39, 0.29) is 59.7 Å². The Morgan fingerprint density at radius 2 is 0.520 bits per heavy atom. The Morgan fingerprint density at radius 3 is 0.660 bits per heavy atom. The Bertz CT molecular complexity index is 1510. The Balaban J connectivity index is -0.000000338. The number of aromatic nitrogens is 4. The molecule has 0 aliphatic carbocycles. The number of fused-ring (bicyclic) bond motifs is 8. The summed E-state index contributed by atoms with van der Waals surface area (Å²) >= 11 is 0. The molecule has 0 aromatic carbocycles. The van der Waals surface area contributed by atoms with Crippen LogP contribution in [0.1, 0.15) is 22.8 Å². The maximum Gasteiger partial charge on any atom is 3.00 e. The van der Waals surface area contributed by atoms with Gasteiger partial charge in [-0.25, -0.2) is 9.97 Å². The summed E-state index contributed by atoms with van der Waals surface area (Å²) in [6.07, 6.45) is 8.09. The van der Waals surface area contributed by atoms with E-state index in [1.807, 2.05) is 48.6 Å². The molecule has 3 aromatic rings. The molecule has 1 radical (unpaired) electrons. The van der Waals surface area contributed by atoms with E-state index in [0.29, 0.717) is 0 Å². The van der Waals surface area contributed by atoms with Crippen LogP contribution in [0.3, 0.4) is 0 Å². The molecule has 0 amide bonds. The van der Waals surface area contributed by atoms with Crippen molar-refractivity contribution in [1.29, 1.82) is 0 Å². The average Bonchev–Trinajstić information content (AvgIpc) is 3.68. The minimum Gasteiger partial charge on any atom is -0.356 e. The average molecular weight is 909 g/mol. The van der Waals surface area contributed by atoms with E-state index in [2.05, 4.69) is 44.2 Å². The van der Waals surface area contributed by atoms with Crippen LogP contribution < -0.4 is 0 Å². The zero-order chi connectivity index (χ0) is 37.4. The van der Waals surface area contributed by atoms with Gasteiger partial charge in [0, 0.05) is 22.1 Å². The van der Waals surface area contributed by atoms with Gasteiger partial charge in [-0.1, -0.05) is 0 Å². The Labute approximate surface area is 318 Å². The summed E-state index contributed by atoms with van der Waals surface area (Å²) in [5.74, 6) is 0. The fourth-order valence-corrected chi connectivity index (χ4v) is 2.94. The van der Waals surface area contributed by atoms with Crippen LogP contribution in [0.4, 0.5) is 0 Å². The third-order valence-electron chi connectivity index (χ3n) is 4.04. The number of nitrogens with one attached hydrogen (secondary N) is 2. The van der Waals surface area contributed by atoms with Crippen molar-refractivity contribution in [1.82, 2.24) is 19.9 Å². The second kappa shape index (κ2) is 27.8. The summed E-state index contributed by atoms with van der Waals surface area (Å²) in [6.45, 7) is 0. The van der Waals surface area contributed by atoms with Crippen molar-refractivity contribution >= 4 is 66.2 Å². The summed E-state index contributed by atoms with van der Waals surface area (Å²) in [5.41, 5.74) is 7.86. The Kier molecular flexibility index (Phi) is 28.2. The smallest absolute Gasteiger partial charge is 0.356 e. The van der Waals surface area contributed by atoms with Crippen molar-refractivity contribution in [2.75, 3.05) is 0 Å². The van der Waals surface area contributed by atoms with E-state index in [0.717, 1.165) is 44.8 Å². The van der Waals surface area contributed by atoms with Crippen molar-refractivity contribution in [3.05, 3.63) is 163 Å². The first kappa shape index (κ1) is 50.6. The molecular formula is C20H14GaGdN10O18. The molecule has 28 nitrogen and oxygen atoms in total. The van der Waals surface area contributed by atoms with Crippen LogP contribution in [0.5, 0.6) is 0 Å². The van der Waals surface area contributed by atoms with Gasteiger partial charge in [0.1, 0.15) is 0 Å². The SMILES string of the molecule is C1=Cc2cc3ccc(cc4nc(cc5ccc(cc1n2)[nH]5)C=C4)[nH]3.O=[N+]([O-])[O-].O=[N+]([O-])[O-].O=[N+]([O-])[O-].O=[N+]([O-])[O-].O=[N+]([O-])[O-].O=[N+]([O-])[O-].[Ga+3].[Gd+3]. The van der Waals surface area contributed by atoms with E-state index in [9.17, 15) is 0 Å². The molecule has 0 saturated carbocycles. The summed E-state index contributed by atoms with van der Waals surface area (Å²) < 4.78 is 0. The standard InChI is InChI=1S/C20H14N4.Ga.Gd.6NO3/c1-2-14-10-16-5-6-18(23-16)12-20-8-7-19(24-20)11-17-4-3-15(22-17)9-13(1)21-14;;;6*2-1(3)4/h1-12,21,24H;;;;;;;;/q;2*+3;6*-1. The molecule has 0 saturated heterocycles. The van der Waals surface area contributed by atoms with Gasteiger partial charge in [-0.3, -0.25) is 0 Å². The predicted octanol–water partition coefficient (Wildman–Crippen LogP) is 2.84. The number of rotatable bonds is 0. The molecule has 30 heteroatoms. The van der Waals surface area contributed by atoms with Gasteiger partial charge in [0.05, 0.1) is 53.3 Å². The minimum atomic E-state index is -1.75. The molecular weight excluding hydrogens is 895 g/mol. The van der Waals surface area contributed by atoms with Gasteiger partial charge in [-0.2, -0.15) is 0 Å². The quantitative estimate of drug-likeness (QED) is 0.128. The van der Waals surface area contributed by atoms with E-state index in [1.165, 1.54) is 0 Å². The van der Waals surface area contributed by atoms with Gasteiger partial charge in [-0.05, 0) is 72.8 Å². The summed E-state index contributed by atoms with van der Waals surface area (Å²) in [4.78, 5) is 65.5. The topological polar surface area (TPSA) is 455 Å². The van der Waals surface area contributed by atoms with Crippen LogP contribution in [0.2, 0.25) is 0 Å². The molecule has 0 unspecified atom stereocenters. The van der Waals surface area contributed by atoms with Crippen LogP contribution in [0.15, 0.2) is 48.5 Å². The van der Waals surface area contributed by atoms with Crippen LogP contribution in [-0.4, -0.2) is 70.2 Å². The Hall–Kier alpha value is -6.24. The van der Waals surface area contributed by atoms with Gasteiger partial charge in [0.15, 0.2) is 0 Å². The number of hydrogen-bond donors (Lipinski definition) is 2. The third kappa shape index (κ3) is 33.1. The largest absolute Gasteiger partial charge is 3.00 e. The maximum atomic E-state index is 8.25. The minimum absolute atomic E-state index is 0. The third-order valence-corrected chi connectivity index (χ3v) is 4.04. The molecule has 5 heterocycles. The van der Waals surface area contributed by atoms with Crippen LogP contribution in [-0.2, 0) is 0 Å². The molecule has 0 atom stereocenters. The predicted molar refractivity (Wildman–Crippen MR) is 167 cm³/mol. The Morgan fingerprint density at radius 1 is 0.380 bits per heavy atom. The molecule has 50 heavy (non-hydrogen) atoms. The first-order valence-corrected chi connectivity index (χ1v) is 11.1. The molecule has 2 aliphatic rings. The van der Waals surface area contributed by atoms with Gasteiger partial charge in [-0.15, -0.1) is 0 Å². The second-order valence-corrected chi connectivity index (χ2v) is 7.25. The van der Waals surface area contributed by atoms with Crippen molar-refractivity contribution < 1.29 is 70.5 Å². The first-order chi connectivity index (χ1) is 22.2. The van der Waals surface area contributed by atoms with Gasteiger partial charge in [0.2, 0.25) is 0 Å². The van der Waals surface area contributed by atoms with Gasteiger partial charge < -0.3 is 102 Å². The zero-order valence-corrected chi connectivity index (χ0v) is 28.5. The molecule has 263 valence electrons. The molecule has 8 bridgehead atoms. The van der Waals surface area contributed by atoms with E-state index in [1.54, 1.807) is 0 Å². The molecule has 3 aromatic heterocycles. The molecule has 0 fully saturated rings. The van der Waals surface area contributed by atoms with Crippen LogP contribution in [0, 0.1) is 132 Å². The van der Waals surface area contributed by atoms with Crippen LogP contribution in [0.25, 0.3) is 46.4 Å². The van der Waals surface area contributed by atoms with Crippen molar-refractivity contribution in [2.24, 2.45) is 0 Å².